The molecule has 0 spiro atoms. The normalized spacial score (nSPS) is 25.1. The second-order valence-electron chi connectivity index (χ2n) is 7.59. The number of alkyl halides is 3. The van der Waals surface area contributed by atoms with Crippen LogP contribution in [0.3, 0.4) is 0 Å². The van der Waals surface area contributed by atoms with Gasteiger partial charge in [0.1, 0.15) is 6.61 Å². The average Bonchev–Trinajstić information content (AvgIpc) is 3.13. The van der Waals surface area contributed by atoms with E-state index in [0.29, 0.717) is 13.0 Å². The number of carbonyl (C=O) groups is 2. The van der Waals surface area contributed by atoms with Gasteiger partial charge in [-0.3, -0.25) is 9.59 Å². The first kappa shape index (κ1) is 21.7. The van der Waals surface area contributed by atoms with E-state index in [0.717, 1.165) is 6.42 Å². The summed E-state index contributed by atoms with van der Waals surface area (Å²) in [5.41, 5.74) is 5.25. The van der Waals surface area contributed by atoms with E-state index in [-0.39, 0.29) is 66.6 Å². The van der Waals surface area contributed by atoms with E-state index >= 15 is 0 Å². The molecule has 1 atom stereocenters. The molecule has 1 aliphatic heterocycles. The van der Waals surface area contributed by atoms with Gasteiger partial charge in [-0.25, -0.2) is 4.98 Å². The van der Waals surface area contributed by atoms with Gasteiger partial charge in [0.2, 0.25) is 5.91 Å². The summed E-state index contributed by atoms with van der Waals surface area (Å²) < 4.78 is 44.3. The Labute approximate surface area is 171 Å². The number of nitrogens with zero attached hydrogens (tertiary/aromatic N) is 2. The first-order chi connectivity index (χ1) is 13.7. The Morgan fingerprint density at radius 3 is 2.55 bits per heavy atom. The number of likely N-dealkylation sites (tertiary alicyclic amines) is 1. The van der Waals surface area contributed by atoms with Crippen LogP contribution in [0.25, 0.3) is 0 Å². The summed E-state index contributed by atoms with van der Waals surface area (Å²) in [5.74, 6) is -2.42. The number of aromatic nitrogens is 1. The van der Waals surface area contributed by atoms with E-state index in [9.17, 15) is 22.8 Å². The summed E-state index contributed by atoms with van der Waals surface area (Å²) in [7, 11) is 0. The van der Waals surface area contributed by atoms with E-state index in [2.05, 4.69) is 4.98 Å². The Balaban J connectivity index is 1.60. The molecule has 2 N–H and O–H groups in total. The van der Waals surface area contributed by atoms with Gasteiger partial charge in [-0.1, -0.05) is 11.6 Å². The fourth-order valence-electron chi connectivity index (χ4n) is 4.10. The Hall–Kier alpha value is -2.03. The van der Waals surface area contributed by atoms with Gasteiger partial charge in [-0.05, 0) is 38.5 Å². The number of halogens is 4. The molecule has 1 aromatic rings. The van der Waals surface area contributed by atoms with E-state index in [1.807, 2.05) is 0 Å². The SMILES string of the molecule is NC(=O)c1ncc(Cl)cc1OC[C@H]1CCCN1C(=O)[C@H]1CC[C@H](C(F)(F)F)CC1. The van der Waals surface area contributed by atoms with E-state index in [1.165, 1.54) is 12.3 Å². The van der Waals surface area contributed by atoms with Crippen LogP contribution in [-0.4, -0.2) is 47.1 Å². The predicted molar refractivity (Wildman–Crippen MR) is 99.5 cm³/mol. The lowest BCUT2D eigenvalue weighted by molar-refractivity contribution is -0.185. The predicted octanol–water partition coefficient (Wildman–Crippen LogP) is 3.57. The molecule has 2 fully saturated rings. The number of pyridine rings is 1. The van der Waals surface area contributed by atoms with E-state index in [4.69, 9.17) is 22.1 Å². The molecule has 0 aromatic carbocycles. The second-order valence-corrected chi connectivity index (χ2v) is 8.03. The zero-order valence-corrected chi connectivity index (χ0v) is 16.5. The van der Waals surface area contributed by atoms with Crippen molar-refractivity contribution in [2.45, 2.75) is 50.7 Å². The minimum Gasteiger partial charge on any atom is -0.489 e. The molecular weight excluding hydrogens is 411 g/mol. The van der Waals surface area contributed by atoms with Crippen LogP contribution in [0, 0.1) is 11.8 Å². The van der Waals surface area contributed by atoms with Gasteiger partial charge in [-0.2, -0.15) is 13.2 Å². The van der Waals surface area contributed by atoms with Crippen molar-refractivity contribution in [1.29, 1.82) is 0 Å². The van der Waals surface area contributed by atoms with Gasteiger partial charge in [0, 0.05) is 24.7 Å². The molecule has 1 aromatic heterocycles. The second kappa shape index (κ2) is 8.77. The molecule has 0 unspecified atom stereocenters. The molecule has 0 radical (unpaired) electrons. The zero-order chi connectivity index (χ0) is 21.2. The van der Waals surface area contributed by atoms with Crippen molar-refractivity contribution in [2.75, 3.05) is 13.2 Å². The summed E-state index contributed by atoms with van der Waals surface area (Å²) in [4.78, 5) is 30.0. The van der Waals surface area contributed by atoms with E-state index < -0.39 is 18.0 Å². The van der Waals surface area contributed by atoms with Crippen molar-refractivity contribution in [3.05, 3.63) is 23.0 Å². The van der Waals surface area contributed by atoms with Crippen LogP contribution in [0.1, 0.15) is 49.0 Å². The summed E-state index contributed by atoms with van der Waals surface area (Å²) in [6.45, 7) is 0.675. The Morgan fingerprint density at radius 1 is 1.24 bits per heavy atom. The molecule has 2 amide bonds. The molecule has 29 heavy (non-hydrogen) atoms. The molecule has 2 heterocycles. The van der Waals surface area contributed by atoms with Crippen LogP contribution < -0.4 is 10.5 Å². The lowest BCUT2D eigenvalue weighted by Crippen LogP contribution is -2.44. The van der Waals surface area contributed by atoms with Crippen LogP contribution in [0.2, 0.25) is 5.02 Å². The van der Waals surface area contributed by atoms with Gasteiger partial charge in [0.25, 0.3) is 5.91 Å². The fourth-order valence-corrected chi connectivity index (χ4v) is 4.25. The summed E-state index contributed by atoms with van der Waals surface area (Å²) >= 11 is 5.90. The minimum absolute atomic E-state index is 0.00886. The molecule has 1 saturated heterocycles. The maximum Gasteiger partial charge on any atom is 0.391 e. The van der Waals surface area contributed by atoms with Crippen molar-refractivity contribution in [3.8, 4) is 5.75 Å². The zero-order valence-electron chi connectivity index (χ0n) is 15.8. The first-order valence-corrected chi connectivity index (χ1v) is 10.00. The fraction of sp³-hybridized carbons (Fsp3) is 0.632. The third-order valence-corrected chi connectivity index (χ3v) is 5.89. The number of rotatable bonds is 5. The van der Waals surface area contributed by atoms with Gasteiger partial charge in [-0.15, -0.1) is 0 Å². The number of hydrogen-bond acceptors (Lipinski definition) is 4. The highest BCUT2D eigenvalue weighted by atomic mass is 35.5. The minimum atomic E-state index is -4.19. The van der Waals surface area contributed by atoms with Gasteiger partial charge >= 0.3 is 6.18 Å². The number of amides is 2. The molecule has 0 bridgehead atoms. The van der Waals surface area contributed by atoms with Gasteiger partial charge in [0.05, 0.1) is 17.0 Å². The molecule has 3 rings (SSSR count). The molecular formula is C19H23ClF3N3O3. The summed E-state index contributed by atoms with van der Waals surface area (Å²) in [6, 6.07) is 1.22. The Bertz CT molecular complexity index is 767. The van der Waals surface area contributed by atoms with Gasteiger partial charge < -0.3 is 15.4 Å². The average molecular weight is 434 g/mol. The highest BCUT2D eigenvalue weighted by molar-refractivity contribution is 6.30. The highest BCUT2D eigenvalue weighted by Gasteiger charge is 2.44. The van der Waals surface area contributed by atoms with Crippen LogP contribution in [0.15, 0.2) is 12.3 Å². The van der Waals surface area contributed by atoms with Crippen LogP contribution >= 0.6 is 11.6 Å². The molecule has 6 nitrogen and oxygen atoms in total. The molecule has 10 heteroatoms. The van der Waals surface area contributed by atoms with Crippen molar-refractivity contribution >= 4 is 23.4 Å². The largest absolute Gasteiger partial charge is 0.489 e. The first-order valence-electron chi connectivity index (χ1n) is 9.62. The maximum absolute atomic E-state index is 12.9. The number of ether oxygens (including phenoxy) is 1. The monoisotopic (exact) mass is 433 g/mol. The van der Waals surface area contributed by atoms with Crippen molar-refractivity contribution in [2.24, 2.45) is 17.6 Å². The number of carbonyl (C=O) groups excluding carboxylic acids is 2. The van der Waals surface area contributed by atoms with Crippen molar-refractivity contribution < 1.29 is 27.5 Å². The Morgan fingerprint density at radius 2 is 1.93 bits per heavy atom. The van der Waals surface area contributed by atoms with Crippen LogP contribution in [-0.2, 0) is 4.79 Å². The molecule has 1 aliphatic carbocycles. The summed E-state index contributed by atoms with van der Waals surface area (Å²) in [5, 5.41) is 0.283. The van der Waals surface area contributed by atoms with Crippen molar-refractivity contribution in [1.82, 2.24) is 9.88 Å². The number of hydrogen-bond donors (Lipinski definition) is 1. The lowest BCUT2D eigenvalue weighted by atomic mass is 9.81. The number of nitrogens with two attached hydrogens (primary N) is 1. The van der Waals surface area contributed by atoms with Gasteiger partial charge in [0.15, 0.2) is 11.4 Å². The third kappa shape index (κ3) is 5.12. The van der Waals surface area contributed by atoms with Crippen LogP contribution in [0.4, 0.5) is 13.2 Å². The molecule has 1 saturated carbocycles. The maximum atomic E-state index is 12.9. The smallest absolute Gasteiger partial charge is 0.391 e. The standard InChI is InChI=1S/C19H23ClF3N3O3/c20-13-8-15(16(17(24)27)25-9-13)29-10-14-2-1-7-26(14)18(28)11-3-5-12(6-4-11)19(21,22)23/h8-9,11-12,14H,1-7,10H2,(H2,24,27)/t11-,12-,14-/m1/s1. The Kier molecular flexibility index (Phi) is 6.55. The molecule has 2 aliphatic rings. The van der Waals surface area contributed by atoms with E-state index in [1.54, 1.807) is 4.90 Å². The number of primary amides is 1. The van der Waals surface area contributed by atoms with Crippen LogP contribution in [0.5, 0.6) is 5.75 Å². The third-order valence-electron chi connectivity index (χ3n) is 5.68. The highest BCUT2D eigenvalue weighted by Crippen LogP contribution is 2.40. The summed E-state index contributed by atoms with van der Waals surface area (Å²) in [6.07, 6.45) is -0.930. The quantitative estimate of drug-likeness (QED) is 0.769. The van der Waals surface area contributed by atoms with Crippen molar-refractivity contribution in [3.63, 3.8) is 0 Å². The molecule has 160 valence electrons. The topological polar surface area (TPSA) is 85.5 Å². The lowest BCUT2D eigenvalue weighted by Gasteiger charge is -2.33.